The van der Waals surface area contributed by atoms with Crippen molar-refractivity contribution in [2.75, 3.05) is 13.1 Å². The number of carbonyl (C=O) groups is 2. The molecular weight excluding hydrogens is 470 g/mol. The van der Waals surface area contributed by atoms with Crippen molar-refractivity contribution < 1.29 is 9.59 Å². The van der Waals surface area contributed by atoms with Crippen LogP contribution in [-0.4, -0.2) is 45.3 Å². The zero-order chi connectivity index (χ0) is 27.0. The number of aryl methyl sites for hydroxylation is 1. The van der Waals surface area contributed by atoms with E-state index >= 15 is 0 Å². The van der Waals surface area contributed by atoms with E-state index < -0.39 is 6.04 Å². The Kier molecular flexibility index (Phi) is 7.11. The Labute approximate surface area is 225 Å². The normalized spacial score (nSPS) is 15.8. The molecule has 196 valence electrons. The summed E-state index contributed by atoms with van der Waals surface area (Å²) in [4.78, 5) is 32.1. The largest absolute Gasteiger partial charge is 0.343 e. The average molecular weight is 508 g/mol. The van der Waals surface area contributed by atoms with Gasteiger partial charge in [0, 0.05) is 42.2 Å². The second-order valence-corrected chi connectivity index (χ2v) is 10.6. The van der Waals surface area contributed by atoms with Crippen LogP contribution < -0.4 is 0 Å². The van der Waals surface area contributed by atoms with E-state index in [4.69, 9.17) is 0 Å². The summed E-state index contributed by atoms with van der Waals surface area (Å²) in [6.45, 7) is 9.49. The zero-order valence-corrected chi connectivity index (χ0v) is 23.0. The van der Waals surface area contributed by atoms with E-state index in [0.29, 0.717) is 25.1 Å². The first-order valence-electron chi connectivity index (χ1n) is 13.7. The number of carbonyl (C=O) groups excluding carboxylic acids is 2. The molecule has 5 nitrogen and oxygen atoms in total. The second kappa shape index (κ2) is 10.5. The third kappa shape index (κ3) is 4.20. The number of aromatic nitrogens is 1. The molecule has 2 heterocycles. The Morgan fingerprint density at radius 3 is 2.21 bits per heavy atom. The predicted molar refractivity (Wildman–Crippen MR) is 154 cm³/mol. The molecule has 0 saturated carbocycles. The summed E-state index contributed by atoms with van der Waals surface area (Å²) >= 11 is 0. The number of rotatable bonds is 8. The van der Waals surface area contributed by atoms with Crippen LogP contribution in [0.2, 0.25) is 0 Å². The Hall–Kier alpha value is -3.86. The number of hydrogen-bond donors (Lipinski definition) is 0. The summed E-state index contributed by atoms with van der Waals surface area (Å²) in [7, 11) is 2.09. The van der Waals surface area contributed by atoms with E-state index in [0.717, 1.165) is 33.3 Å². The molecule has 1 aliphatic rings. The Balaban J connectivity index is 1.81. The van der Waals surface area contributed by atoms with Gasteiger partial charge in [0.25, 0.3) is 5.91 Å². The lowest BCUT2D eigenvalue weighted by Gasteiger charge is -2.37. The summed E-state index contributed by atoms with van der Waals surface area (Å²) in [5, 5.41) is 1.10. The molecule has 0 bridgehead atoms. The van der Waals surface area contributed by atoms with Crippen LogP contribution in [-0.2, 0) is 11.8 Å². The molecule has 2 atom stereocenters. The van der Waals surface area contributed by atoms with Gasteiger partial charge in [-0.2, -0.15) is 0 Å². The van der Waals surface area contributed by atoms with Crippen molar-refractivity contribution in [2.45, 2.75) is 46.2 Å². The minimum atomic E-state index is -0.553. The maximum absolute atomic E-state index is 14.2. The molecule has 0 saturated heterocycles. The van der Waals surface area contributed by atoms with Crippen molar-refractivity contribution in [1.82, 2.24) is 14.4 Å². The predicted octanol–water partition coefficient (Wildman–Crippen LogP) is 6.67. The van der Waals surface area contributed by atoms with Crippen LogP contribution in [0.4, 0.5) is 0 Å². The molecule has 1 aromatic heterocycles. The summed E-state index contributed by atoms with van der Waals surface area (Å²) in [5.41, 5.74) is 6.00. The lowest BCUT2D eigenvalue weighted by Crippen LogP contribution is -2.50. The highest BCUT2D eigenvalue weighted by Gasteiger charge is 2.46. The highest BCUT2D eigenvalue weighted by molar-refractivity contribution is 6.04. The minimum Gasteiger partial charge on any atom is -0.343 e. The fraction of sp³-hybridized carbons (Fsp3) is 0.333. The first-order valence-corrected chi connectivity index (χ1v) is 13.7. The number of benzene rings is 3. The van der Waals surface area contributed by atoms with E-state index in [1.807, 2.05) is 60.0 Å². The van der Waals surface area contributed by atoms with Crippen LogP contribution in [0.25, 0.3) is 22.2 Å². The highest BCUT2D eigenvalue weighted by atomic mass is 16.2. The van der Waals surface area contributed by atoms with E-state index in [-0.39, 0.29) is 23.8 Å². The van der Waals surface area contributed by atoms with Gasteiger partial charge in [0.2, 0.25) is 5.91 Å². The molecule has 0 fully saturated rings. The summed E-state index contributed by atoms with van der Waals surface area (Å²) in [6, 6.07) is 25.7. The molecule has 0 spiro atoms. The summed E-state index contributed by atoms with van der Waals surface area (Å²) < 4.78 is 2.23. The van der Waals surface area contributed by atoms with Crippen LogP contribution >= 0.6 is 0 Å². The molecule has 0 aliphatic carbocycles. The molecule has 0 radical (unpaired) electrons. The summed E-state index contributed by atoms with van der Waals surface area (Å²) in [5.74, 6) is 0.206. The number of likely N-dealkylation sites (N-methyl/N-ethyl adjacent to an activating group) is 1. The average Bonchev–Trinajstić information content (AvgIpc) is 3.39. The number of hydrogen-bond acceptors (Lipinski definition) is 2. The van der Waals surface area contributed by atoms with Gasteiger partial charge in [-0.3, -0.25) is 9.59 Å². The third-order valence-corrected chi connectivity index (χ3v) is 7.86. The Bertz CT molecular complexity index is 1470. The monoisotopic (exact) mass is 507 g/mol. The fourth-order valence-corrected chi connectivity index (χ4v) is 6.12. The van der Waals surface area contributed by atoms with Crippen molar-refractivity contribution in [3.05, 3.63) is 95.6 Å². The lowest BCUT2D eigenvalue weighted by atomic mass is 9.91. The van der Waals surface area contributed by atoms with Gasteiger partial charge in [0.1, 0.15) is 6.04 Å². The Morgan fingerprint density at radius 1 is 0.895 bits per heavy atom. The van der Waals surface area contributed by atoms with E-state index in [1.165, 1.54) is 0 Å². The van der Waals surface area contributed by atoms with Crippen molar-refractivity contribution in [3.63, 3.8) is 0 Å². The SMILES string of the molecule is CCN(CC)C(=O)C(CC(C)C)N1C(=O)c2ccccc2C1c1c(-c2ccccc2)n(C)c2ccccc12. The second-order valence-electron chi connectivity index (χ2n) is 10.6. The molecule has 1 aliphatic heterocycles. The van der Waals surface area contributed by atoms with Crippen LogP contribution in [0.3, 0.4) is 0 Å². The Morgan fingerprint density at radius 2 is 1.53 bits per heavy atom. The van der Waals surface area contributed by atoms with Gasteiger partial charge in [0.15, 0.2) is 0 Å². The van der Waals surface area contributed by atoms with Crippen LogP contribution in [0.15, 0.2) is 78.9 Å². The van der Waals surface area contributed by atoms with Crippen molar-refractivity contribution in [3.8, 4) is 11.3 Å². The van der Waals surface area contributed by atoms with Gasteiger partial charge in [-0.25, -0.2) is 0 Å². The minimum absolute atomic E-state index is 0.0244. The van der Waals surface area contributed by atoms with Gasteiger partial charge in [-0.1, -0.05) is 80.6 Å². The lowest BCUT2D eigenvalue weighted by molar-refractivity contribution is -0.136. The topological polar surface area (TPSA) is 45.6 Å². The molecule has 2 amide bonds. The van der Waals surface area contributed by atoms with Crippen molar-refractivity contribution >= 4 is 22.7 Å². The third-order valence-electron chi connectivity index (χ3n) is 7.86. The fourth-order valence-electron chi connectivity index (χ4n) is 6.12. The quantitative estimate of drug-likeness (QED) is 0.267. The van der Waals surface area contributed by atoms with Crippen molar-refractivity contribution in [2.24, 2.45) is 13.0 Å². The molecule has 2 unspecified atom stereocenters. The van der Waals surface area contributed by atoms with Gasteiger partial charge >= 0.3 is 0 Å². The highest BCUT2D eigenvalue weighted by Crippen LogP contribution is 2.47. The molecule has 5 rings (SSSR count). The molecule has 4 aromatic rings. The maximum Gasteiger partial charge on any atom is 0.255 e. The van der Waals surface area contributed by atoms with Gasteiger partial charge < -0.3 is 14.4 Å². The van der Waals surface area contributed by atoms with E-state index in [2.05, 4.69) is 67.9 Å². The van der Waals surface area contributed by atoms with Crippen LogP contribution in [0, 0.1) is 5.92 Å². The van der Waals surface area contributed by atoms with Gasteiger partial charge in [0.05, 0.1) is 11.7 Å². The molecule has 38 heavy (non-hydrogen) atoms. The number of para-hydroxylation sites is 1. The molecular formula is C33H37N3O2. The van der Waals surface area contributed by atoms with Gasteiger partial charge in [-0.05, 0) is 49.4 Å². The standard InChI is InChI=1S/C33H37N3O2/c1-6-35(7-2)33(38)28(21-22(3)4)36-31(24-17-11-12-18-25(24)32(36)37)29-26-19-13-14-20-27(26)34(5)30(29)23-15-9-8-10-16-23/h8-20,22,28,31H,6-7,21H2,1-5H3. The maximum atomic E-state index is 14.2. The van der Waals surface area contributed by atoms with E-state index in [9.17, 15) is 9.59 Å². The number of amides is 2. The molecule has 0 N–H and O–H groups in total. The first kappa shape index (κ1) is 25.8. The first-order chi connectivity index (χ1) is 18.4. The number of nitrogens with zero attached hydrogens (tertiary/aromatic N) is 3. The molecule has 3 aromatic carbocycles. The van der Waals surface area contributed by atoms with Crippen LogP contribution in [0.5, 0.6) is 0 Å². The van der Waals surface area contributed by atoms with Crippen molar-refractivity contribution in [1.29, 1.82) is 0 Å². The van der Waals surface area contributed by atoms with E-state index in [1.54, 1.807) is 0 Å². The zero-order valence-electron chi connectivity index (χ0n) is 23.0. The number of fused-ring (bicyclic) bond motifs is 2. The smallest absolute Gasteiger partial charge is 0.255 e. The summed E-state index contributed by atoms with van der Waals surface area (Å²) in [6.07, 6.45) is 0.608. The van der Waals surface area contributed by atoms with Gasteiger partial charge in [-0.15, -0.1) is 0 Å². The molecule has 5 heteroatoms. The van der Waals surface area contributed by atoms with Crippen LogP contribution in [0.1, 0.15) is 61.6 Å².